The Morgan fingerprint density at radius 3 is 2.53 bits per heavy atom. The lowest BCUT2D eigenvalue weighted by Crippen LogP contribution is -2.32. The summed E-state index contributed by atoms with van der Waals surface area (Å²) >= 11 is 0. The van der Waals surface area contributed by atoms with Gasteiger partial charge in [-0.05, 0) is 31.0 Å². The molecule has 0 aromatic heterocycles. The first-order valence-electron chi connectivity index (χ1n) is 4.63. The van der Waals surface area contributed by atoms with Gasteiger partial charge in [0, 0.05) is 5.56 Å². The van der Waals surface area contributed by atoms with Crippen LogP contribution >= 0.6 is 0 Å². The van der Waals surface area contributed by atoms with Crippen molar-refractivity contribution in [1.29, 1.82) is 0 Å². The molecule has 0 saturated heterocycles. The topological polar surface area (TPSA) is 63.3 Å². The molecule has 3 nitrogen and oxygen atoms in total. The number of hydrogen-bond acceptors (Lipinski definition) is 2. The monoisotopic (exact) mass is 203 g/mol. The fourth-order valence-electron chi connectivity index (χ4n) is 1.21. The van der Waals surface area contributed by atoms with E-state index in [1.54, 1.807) is 6.92 Å². The fraction of sp³-hybridized carbons (Fsp3) is 0.250. The highest BCUT2D eigenvalue weighted by molar-refractivity contribution is 5.73. The number of nitrogens with two attached hydrogens (primary N) is 1. The Balaban J connectivity index is 2.71. The van der Waals surface area contributed by atoms with Crippen LogP contribution in [-0.2, 0) is 11.2 Å². The Labute approximate surface area is 88.9 Å². The van der Waals surface area contributed by atoms with E-state index in [1.165, 1.54) is 0 Å². The number of carboxylic acid groups (broad SMARTS) is 1. The fourth-order valence-corrected chi connectivity index (χ4v) is 1.21. The predicted molar refractivity (Wildman–Crippen MR) is 58.3 cm³/mol. The van der Waals surface area contributed by atoms with Crippen LogP contribution < -0.4 is 5.73 Å². The van der Waals surface area contributed by atoms with Crippen LogP contribution in [0.3, 0.4) is 0 Å². The van der Waals surface area contributed by atoms with Gasteiger partial charge in [0.15, 0.2) is 0 Å². The third-order valence-electron chi connectivity index (χ3n) is 2.00. The molecule has 78 valence electrons. The highest BCUT2D eigenvalue weighted by Gasteiger charge is 2.11. The SMILES string of the molecule is CC#Cc1ccc(CC(N)C(=O)O)cc1. The lowest BCUT2D eigenvalue weighted by atomic mass is 10.1. The zero-order valence-electron chi connectivity index (χ0n) is 8.53. The summed E-state index contributed by atoms with van der Waals surface area (Å²) in [7, 11) is 0. The minimum absolute atomic E-state index is 0.342. The molecule has 0 aliphatic heterocycles. The molecule has 1 unspecified atom stereocenters. The summed E-state index contributed by atoms with van der Waals surface area (Å²) in [6.07, 6.45) is 0.342. The van der Waals surface area contributed by atoms with E-state index in [9.17, 15) is 4.79 Å². The quantitative estimate of drug-likeness (QED) is 0.721. The Kier molecular flexibility index (Phi) is 3.90. The van der Waals surface area contributed by atoms with E-state index in [4.69, 9.17) is 10.8 Å². The van der Waals surface area contributed by atoms with E-state index < -0.39 is 12.0 Å². The van der Waals surface area contributed by atoms with Crippen molar-refractivity contribution >= 4 is 5.97 Å². The van der Waals surface area contributed by atoms with E-state index in [2.05, 4.69) is 11.8 Å². The zero-order valence-corrected chi connectivity index (χ0v) is 8.53. The number of benzene rings is 1. The van der Waals surface area contributed by atoms with E-state index in [1.807, 2.05) is 24.3 Å². The maximum atomic E-state index is 10.5. The smallest absolute Gasteiger partial charge is 0.320 e. The van der Waals surface area contributed by atoms with E-state index >= 15 is 0 Å². The van der Waals surface area contributed by atoms with Gasteiger partial charge in [0.25, 0.3) is 0 Å². The number of hydrogen-bond donors (Lipinski definition) is 2. The minimum Gasteiger partial charge on any atom is -0.480 e. The lowest BCUT2D eigenvalue weighted by molar-refractivity contribution is -0.138. The van der Waals surface area contributed by atoms with Gasteiger partial charge in [0.05, 0.1) is 0 Å². The highest BCUT2D eigenvalue weighted by Crippen LogP contribution is 2.05. The molecule has 0 heterocycles. The van der Waals surface area contributed by atoms with Gasteiger partial charge in [-0.25, -0.2) is 0 Å². The first-order valence-corrected chi connectivity index (χ1v) is 4.63. The van der Waals surface area contributed by atoms with Crippen molar-refractivity contribution < 1.29 is 9.90 Å². The minimum atomic E-state index is -0.979. The van der Waals surface area contributed by atoms with Crippen molar-refractivity contribution in [2.75, 3.05) is 0 Å². The molecule has 1 atom stereocenters. The standard InChI is InChI=1S/C12H13NO2/c1-2-3-9-4-6-10(7-5-9)8-11(13)12(14)15/h4-7,11H,8,13H2,1H3,(H,14,15). The molecule has 0 spiro atoms. The summed E-state index contributed by atoms with van der Waals surface area (Å²) in [5, 5.41) is 8.63. The molecular formula is C12H13NO2. The maximum Gasteiger partial charge on any atom is 0.320 e. The second-order valence-electron chi connectivity index (χ2n) is 3.22. The maximum absolute atomic E-state index is 10.5. The summed E-state index contributed by atoms with van der Waals surface area (Å²) in [6, 6.07) is 6.58. The molecule has 0 amide bonds. The van der Waals surface area contributed by atoms with Crippen molar-refractivity contribution in [2.45, 2.75) is 19.4 Å². The van der Waals surface area contributed by atoms with Crippen LogP contribution in [0.2, 0.25) is 0 Å². The van der Waals surface area contributed by atoms with Crippen molar-refractivity contribution in [3.8, 4) is 11.8 Å². The van der Waals surface area contributed by atoms with Gasteiger partial charge in [0.1, 0.15) is 6.04 Å². The van der Waals surface area contributed by atoms with Gasteiger partial charge in [-0.15, -0.1) is 5.92 Å². The molecule has 1 aromatic carbocycles. The second-order valence-corrected chi connectivity index (χ2v) is 3.22. The Morgan fingerprint density at radius 1 is 1.47 bits per heavy atom. The van der Waals surface area contributed by atoms with E-state index in [0.717, 1.165) is 11.1 Å². The van der Waals surface area contributed by atoms with E-state index in [-0.39, 0.29) is 0 Å². The number of aliphatic carboxylic acids is 1. The van der Waals surface area contributed by atoms with Crippen molar-refractivity contribution in [3.05, 3.63) is 35.4 Å². The molecule has 3 N–H and O–H groups in total. The average molecular weight is 203 g/mol. The molecular weight excluding hydrogens is 190 g/mol. The van der Waals surface area contributed by atoms with Crippen molar-refractivity contribution in [1.82, 2.24) is 0 Å². The first kappa shape index (κ1) is 11.3. The van der Waals surface area contributed by atoms with Crippen LogP contribution in [0.25, 0.3) is 0 Å². The molecule has 1 rings (SSSR count). The second kappa shape index (κ2) is 5.18. The summed E-state index contributed by atoms with van der Waals surface area (Å²) in [6.45, 7) is 1.77. The van der Waals surface area contributed by atoms with Crippen LogP contribution in [-0.4, -0.2) is 17.1 Å². The van der Waals surface area contributed by atoms with Crippen LogP contribution in [0.15, 0.2) is 24.3 Å². The van der Waals surface area contributed by atoms with Gasteiger partial charge in [-0.1, -0.05) is 18.1 Å². The average Bonchev–Trinajstić information content (AvgIpc) is 2.21. The zero-order chi connectivity index (χ0) is 11.3. The van der Waals surface area contributed by atoms with Gasteiger partial charge in [-0.3, -0.25) is 4.79 Å². The van der Waals surface area contributed by atoms with Crippen LogP contribution in [0.1, 0.15) is 18.1 Å². The molecule has 0 radical (unpaired) electrons. The van der Waals surface area contributed by atoms with Crippen LogP contribution in [0, 0.1) is 11.8 Å². The number of carboxylic acids is 1. The molecule has 0 saturated carbocycles. The summed E-state index contributed by atoms with van der Waals surface area (Å²) in [5.41, 5.74) is 7.25. The van der Waals surface area contributed by atoms with Crippen LogP contribution in [0.4, 0.5) is 0 Å². The lowest BCUT2D eigenvalue weighted by Gasteiger charge is -2.05. The van der Waals surface area contributed by atoms with Crippen LogP contribution in [0.5, 0.6) is 0 Å². The normalized spacial score (nSPS) is 11.3. The van der Waals surface area contributed by atoms with Gasteiger partial charge >= 0.3 is 5.97 Å². The molecule has 0 aliphatic carbocycles. The summed E-state index contributed by atoms with van der Waals surface area (Å²) in [5.74, 6) is 4.73. The first-order chi connectivity index (χ1) is 7.13. The van der Waals surface area contributed by atoms with Crippen molar-refractivity contribution in [3.63, 3.8) is 0 Å². The number of carbonyl (C=O) groups is 1. The molecule has 3 heteroatoms. The number of rotatable bonds is 3. The Hall–Kier alpha value is -1.79. The molecule has 15 heavy (non-hydrogen) atoms. The van der Waals surface area contributed by atoms with Crippen molar-refractivity contribution in [2.24, 2.45) is 5.73 Å². The van der Waals surface area contributed by atoms with Gasteiger partial charge < -0.3 is 10.8 Å². The van der Waals surface area contributed by atoms with Gasteiger partial charge in [-0.2, -0.15) is 0 Å². The molecule has 0 fully saturated rings. The third kappa shape index (κ3) is 3.45. The Bertz CT molecular complexity index is 398. The molecule has 0 bridgehead atoms. The predicted octanol–water partition coefficient (Wildman–Crippen LogP) is 1.01. The molecule has 1 aromatic rings. The third-order valence-corrected chi connectivity index (χ3v) is 2.00. The highest BCUT2D eigenvalue weighted by atomic mass is 16.4. The summed E-state index contributed by atoms with van der Waals surface area (Å²) in [4.78, 5) is 10.5. The largest absolute Gasteiger partial charge is 0.480 e. The Morgan fingerprint density at radius 2 is 2.07 bits per heavy atom. The van der Waals surface area contributed by atoms with E-state index in [0.29, 0.717) is 6.42 Å². The summed E-state index contributed by atoms with van der Waals surface area (Å²) < 4.78 is 0. The molecule has 0 aliphatic rings. The van der Waals surface area contributed by atoms with Gasteiger partial charge in [0.2, 0.25) is 0 Å².